The standard InChI is InChI=1S/C12H19N3O2S/c1-11(2)14-6-8-15(9-7-14)18(16,17)12-4-3-5-13-10-12/h3-5,10-11H,6-9H2,1-2H3. The van der Waals surface area contributed by atoms with E-state index in [0.29, 0.717) is 19.1 Å². The topological polar surface area (TPSA) is 53.5 Å². The molecule has 5 nitrogen and oxygen atoms in total. The van der Waals surface area contributed by atoms with Crippen LogP contribution in [-0.2, 0) is 10.0 Å². The zero-order valence-electron chi connectivity index (χ0n) is 10.8. The molecule has 6 heteroatoms. The highest BCUT2D eigenvalue weighted by atomic mass is 32.2. The van der Waals surface area contributed by atoms with E-state index in [1.807, 2.05) is 0 Å². The van der Waals surface area contributed by atoms with Crippen molar-refractivity contribution in [2.75, 3.05) is 26.2 Å². The smallest absolute Gasteiger partial charge is 0.244 e. The molecule has 0 N–H and O–H groups in total. The van der Waals surface area contributed by atoms with Gasteiger partial charge in [-0.25, -0.2) is 8.42 Å². The molecule has 0 spiro atoms. The second-order valence-corrected chi connectivity index (χ2v) is 6.66. The molecule has 0 aliphatic carbocycles. The van der Waals surface area contributed by atoms with Crippen LogP contribution in [0.3, 0.4) is 0 Å². The Kier molecular flexibility index (Phi) is 3.99. The Morgan fingerprint density at radius 3 is 2.39 bits per heavy atom. The molecule has 1 aliphatic rings. The quantitative estimate of drug-likeness (QED) is 0.814. The molecule has 100 valence electrons. The van der Waals surface area contributed by atoms with E-state index in [1.165, 1.54) is 6.20 Å². The van der Waals surface area contributed by atoms with Gasteiger partial charge in [-0.3, -0.25) is 9.88 Å². The third kappa shape index (κ3) is 2.71. The Morgan fingerprint density at radius 2 is 1.89 bits per heavy atom. The first-order valence-electron chi connectivity index (χ1n) is 6.16. The largest absolute Gasteiger partial charge is 0.298 e. The minimum Gasteiger partial charge on any atom is -0.298 e. The van der Waals surface area contributed by atoms with Crippen molar-refractivity contribution in [3.8, 4) is 0 Å². The number of sulfonamides is 1. The van der Waals surface area contributed by atoms with E-state index in [2.05, 4.69) is 23.7 Å². The van der Waals surface area contributed by atoms with Crippen LogP contribution < -0.4 is 0 Å². The van der Waals surface area contributed by atoms with E-state index in [-0.39, 0.29) is 4.90 Å². The van der Waals surface area contributed by atoms with Crippen molar-refractivity contribution in [1.29, 1.82) is 0 Å². The van der Waals surface area contributed by atoms with E-state index in [9.17, 15) is 8.42 Å². The molecule has 0 atom stereocenters. The van der Waals surface area contributed by atoms with Crippen molar-refractivity contribution in [2.24, 2.45) is 0 Å². The number of piperazine rings is 1. The van der Waals surface area contributed by atoms with Crippen molar-refractivity contribution in [1.82, 2.24) is 14.2 Å². The number of aromatic nitrogens is 1. The molecule has 0 saturated carbocycles. The van der Waals surface area contributed by atoms with Gasteiger partial charge in [-0.1, -0.05) is 0 Å². The molecule has 0 aromatic carbocycles. The summed E-state index contributed by atoms with van der Waals surface area (Å²) in [6.45, 7) is 6.94. The molecule has 0 amide bonds. The Balaban J connectivity index is 2.10. The number of rotatable bonds is 3. The average molecular weight is 269 g/mol. The summed E-state index contributed by atoms with van der Waals surface area (Å²) in [6.07, 6.45) is 2.99. The summed E-state index contributed by atoms with van der Waals surface area (Å²) in [5, 5.41) is 0. The molecule has 2 heterocycles. The molecular formula is C12H19N3O2S. The maximum atomic E-state index is 12.3. The minimum atomic E-state index is -3.37. The van der Waals surface area contributed by atoms with E-state index in [1.54, 1.807) is 22.6 Å². The van der Waals surface area contributed by atoms with Crippen LogP contribution in [0, 0.1) is 0 Å². The lowest BCUT2D eigenvalue weighted by Gasteiger charge is -2.36. The molecule has 18 heavy (non-hydrogen) atoms. The third-order valence-corrected chi connectivity index (χ3v) is 5.16. The Hall–Kier alpha value is -0.980. The second-order valence-electron chi connectivity index (χ2n) is 4.72. The summed E-state index contributed by atoms with van der Waals surface area (Å²) in [4.78, 5) is 6.44. The monoisotopic (exact) mass is 269 g/mol. The van der Waals surface area contributed by atoms with Crippen molar-refractivity contribution in [3.05, 3.63) is 24.5 Å². The van der Waals surface area contributed by atoms with Crippen molar-refractivity contribution in [2.45, 2.75) is 24.8 Å². The van der Waals surface area contributed by atoms with Crippen LogP contribution in [0.4, 0.5) is 0 Å². The summed E-state index contributed by atoms with van der Waals surface area (Å²) >= 11 is 0. The molecule has 0 unspecified atom stereocenters. The molecule has 1 aliphatic heterocycles. The summed E-state index contributed by atoms with van der Waals surface area (Å²) in [6, 6.07) is 3.71. The molecule has 1 saturated heterocycles. The van der Waals surface area contributed by atoms with E-state index >= 15 is 0 Å². The predicted molar refractivity (Wildman–Crippen MR) is 69.7 cm³/mol. The van der Waals surface area contributed by atoms with Crippen LogP contribution in [0.1, 0.15) is 13.8 Å². The molecule has 0 radical (unpaired) electrons. The van der Waals surface area contributed by atoms with Crippen LogP contribution in [0.15, 0.2) is 29.4 Å². The van der Waals surface area contributed by atoms with Gasteiger partial charge in [0, 0.05) is 44.6 Å². The van der Waals surface area contributed by atoms with Crippen LogP contribution >= 0.6 is 0 Å². The first-order valence-corrected chi connectivity index (χ1v) is 7.60. The van der Waals surface area contributed by atoms with Gasteiger partial charge in [-0.2, -0.15) is 4.31 Å². The number of pyridine rings is 1. The van der Waals surface area contributed by atoms with Crippen molar-refractivity contribution >= 4 is 10.0 Å². The molecule has 2 rings (SSSR count). The van der Waals surface area contributed by atoms with Crippen LogP contribution in [0.5, 0.6) is 0 Å². The minimum absolute atomic E-state index is 0.281. The zero-order chi connectivity index (χ0) is 13.2. The summed E-state index contributed by atoms with van der Waals surface area (Å²) in [5.74, 6) is 0. The maximum absolute atomic E-state index is 12.3. The third-order valence-electron chi connectivity index (χ3n) is 3.28. The van der Waals surface area contributed by atoms with Crippen molar-refractivity contribution < 1.29 is 8.42 Å². The summed E-state index contributed by atoms with van der Waals surface area (Å²) in [7, 11) is -3.37. The van der Waals surface area contributed by atoms with Crippen LogP contribution in [-0.4, -0.2) is 54.8 Å². The lowest BCUT2D eigenvalue weighted by Crippen LogP contribution is -2.50. The maximum Gasteiger partial charge on any atom is 0.244 e. The number of nitrogens with zero attached hydrogens (tertiary/aromatic N) is 3. The number of hydrogen-bond donors (Lipinski definition) is 0. The normalized spacial score (nSPS) is 19.3. The van der Waals surface area contributed by atoms with Gasteiger partial charge >= 0.3 is 0 Å². The Labute approximate surface area is 108 Å². The van der Waals surface area contributed by atoms with Gasteiger partial charge in [0.25, 0.3) is 0 Å². The zero-order valence-corrected chi connectivity index (χ0v) is 11.6. The molecule has 1 fully saturated rings. The fourth-order valence-corrected chi connectivity index (χ4v) is 3.50. The fraction of sp³-hybridized carbons (Fsp3) is 0.583. The predicted octanol–water partition coefficient (Wildman–Crippen LogP) is 0.796. The van der Waals surface area contributed by atoms with E-state index in [4.69, 9.17) is 0 Å². The Bertz CT molecular complexity index is 479. The Morgan fingerprint density at radius 1 is 1.22 bits per heavy atom. The van der Waals surface area contributed by atoms with Gasteiger partial charge in [0.2, 0.25) is 10.0 Å². The SMILES string of the molecule is CC(C)N1CCN(S(=O)(=O)c2cccnc2)CC1. The van der Waals surface area contributed by atoms with Gasteiger partial charge in [-0.15, -0.1) is 0 Å². The molecule has 1 aromatic rings. The highest BCUT2D eigenvalue weighted by molar-refractivity contribution is 7.89. The average Bonchev–Trinajstić information content (AvgIpc) is 2.40. The molecule has 0 bridgehead atoms. The summed E-state index contributed by atoms with van der Waals surface area (Å²) < 4.78 is 26.2. The molecular weight excluding hydrogens is 250 g/mol. The number of hydrogen-bond acceptors (Lipinski definition) is 4. The lowest BCUT2D eigenvalue weighted by molar-refractivity contribution is 0.154. The van der Waals surface area contributed by atoms with Gasteiger partial charge in [-0.05, 0) is 26.0 Å². The first kappa shape index (κ1) is 13.5. The fourth-order valence-electron chi connectivity index (χ4n) is 2.11. The van der Waals surface area contributed by atoms with Crippen LogP contribution in [0.25, 0.3) is 0 Å². The first-order chi connectivity index (χ1) is 8.51. The summed E-state index contributed by atoms with van der Waals surface area (Å²) in [5.41, 5.74) is 0. The lowest BCUT2D eigenvalue weighted by atomic mass is 10.3. The van der Waals surface area contributed by atoms with E-state index < -0.39 is 10.0 Å². The van der Waals surface area contributed by atoms with Gasteiger partial charge in [0.15, 0.2) is 0 Å². The van der Waals surface area contributed by atoms with Gasteiger partial charge in [0.05, 0.1) is 0 Å². The second kappa shape index (κ2) is 5.34. The van der Waals surface area contributed by atoms with E-state index in [0.717, 1.165) is 13.1 Å². The van der Waals surface area contributed by atoms with Crippen molar-refractivity contribution in [3.63, 3.8) is 0 Å². The van der Waals surface area contributed by atoms with Gasteiger partial charge < -0.3 is 0 Å². The van der Waals surface area contributed by atoms with Crippen LogP contribution in [0.2, 0.25) is 0 Å². The van der Waals surface area contributed by atoms with Gasteiger partial charge in [0.1, 0.15) is 4.90 Å². The highest BCUT2D eigenvalue weighted by Crippen LogP contribution is 2.17. The highest BCUT2D eigenvalue weighted by Gasteiger charge is 2.29. The molecule has 1 aromatic heterocycles.